The summed E-state index contributed by atoms with van der Waals surface area (Å²) in [5.41, 5.74) is 1.51. The van der Waals surface area contributed by atoms with Gasteiger partial charge < -0.3 is 14.2 Å². The number of nitrogens with zero attached hydrogens (tertiary/aromatic N) is 5. The summed E-state index contributed by atoms with van der Waals surface area (Å²) in [6.07, 6.45) is 2.14. The standard InChI is InChI=1S/C18H19N5O3/c1-25-14-4-2-3-13(9-14)15-10-17(26-20-15)23-8-7-22-6-5-21(12-19)11-16(22)18(23)24/h2-4,9-10,16H,5-8,11H2,1H3. The molecular formula is C18H19N5O3. The van der Waals surface area contributed by atoms with E-state index in [1.54, 1.807) is 23.0 Å². The predicted octanol–water partition coefficient (Wildman–Crippen LogP) is 1.16. The van der Waals surface area contributed by atoms with E-state index in [0.717, 1.165) is 24.4 Å². The molecule has 3 heterocycles. The molecule has 0 radical (unpaired) electrons. The van der Waals surface area contributed by atoms with Crippen LogP contribution in [0.15, 0.2) is 34.9 Å². The number of hydrogen-bond donors (Lipinski definition) is 0. The highest BCUT2D eigenvalue weighted by Gasteiger charge is 2.40. The minimum atomic E-state index is -0.317. The van der Waals surface area contributed by atoms with Crippen molar-refractivity contribution in [1.82, 2.24) is 15.0 Å². The van der Waals surface area contributed by atoms with Gasteiger partial charge in [-0.3, -0.25) is 14.6 Å². The maximum absolute atomic E-state index is 12.9. The van der Waals surface area contributed by atoms with Gasteiger partial charge >= 0.3 is 0 Å². The number of methoxy groups -OCH3 is 1. The molecule has 1 unspecified atom stereocenters. The van der Waals surface area contributed by atoms with Gasteiger partial charge in [0.2, 0.25) is 11.8 Å². The lowest BCUT2D eigenvalue weighted by Gasteiger charge is -2.44. The highest BCUT2D eigenvalue weighted by atomic mass is 16.5. The van der Waals surface area contributed by atoms with Crippen LogP contribution in [0.4, 0.5) is 5.88 Å². The van der Waals surface area contributed by atoms with Crippen LogP contribution in [-0.2, 0) is 4.79 Å². The van der Waals surface area contributed by atoms with Crippen molar-refractivity contribution in [3.05, 3.63) is 30.3 Å². The van der Waals surface area contributed by atoms with Gasteiger partial charge in [-0.15, -0.1) is 0 Å². The van der Waals surface area contributed by atoms with Gasteiger partial charge in [0.15, 0.2) is 6.19 Å². The van der Waals surface area contributed by atoms with Gasteiger partial charge in [0.05, 0.1) is 13.7 Å². The number of anilines is 1. The van der Waals surface area contributed by atoms with E-state index in [9.17, 15) is 4.79 Å². The molecule has 26 heavy (non-hydrogen) atoms. The van der Waals surface area contributed by atoms with Crippen LogP contribution < -0.4 is 9.64 Å². The monoisotopic (exact) mass is 353 g/mol. The van der Waals surface area contributed by atoms with Crippen LogP contribution in [0.25, 0.3) is 11.3 Å². The molecule has 1 aromatic carbocycles. The molecule has 2 aliphatic rings. The van der Waals surface area contributed by atoms with Crippen LogP contribution in [0, 0.1) is 11.5 Å². The summed E-state index contributed by atoms with van der Waals surface area (Å²) >= 11 is 0. The number of carbonyl (C=O) groups is 1. The lowest BCUT2D eigenvalue weighted by atomic mass is 10.1. The van der Waals surface area contributed by atoms with Crippen LogP contribution in [0.2, 0.25) is 0 Å². The molecule has 8 heteroatoms. The molecule has 2 fully saturated rings. The van der Waals surface area contributed by atoms with E-state index in [2.05, 4.69) is 16.2 Å². The Morgan fingerprint density at radius 3 is 2.92 bits per heavy atom. The third-order valence-corrected chi connectivity index (χ3v) is 4.92. The van der Waals surface area contributed by atoms with Crippen LogP contribution in [-0.4, -0.2) is 66.7 Å². The molecule has 2 saturated heterocycles. The maximum Gasteiger partial charge on any atom is 0.248 e. The molecule has 1 atom stereocenters. The largest absolute Gasteiger partial charge is 0.497 e. The van der Waals surface area contributed by atoms with Gasteiger partial charge in [-0.1, -0.05) is 17.3 Å². The number of ether oxygens (including phenoxy) is 1. The molecule has 0 N–H and O–H groups in total. The first-order chi connectivity index (χ1) is 12.7. The average Bonchev–Trinajstić information content (AvgIpc) is 3.18. The number of fused-ring (bicyclic) bond motifs is 1. The van der Waals surface area contributed by atoms with Crippen molar-refractivity contribution in [3.63, 3.8) is 0 Å². The first kappa shape index (κ1) is 16.4. The fourth-order valence-corrected chi connectivity index (χ4v) is 3.46. The number of carbonyl (C=O) groups excluding carboxylic acids is 1. The van der Waals surface area contributed by atoms with Crippen LogP contribution in [0.5, 0.6) is 5.75 Å². The Kier molecular flexibility index (Phi) is 4.22. The highest BCUT2D eigenvalue weighted by molar-refractivity contribution is 5.97. The number of rotatable bonds is 3. The van der Waals surface area contributed by atoms with E-state index < -0.39 is 0 Å². The van der Waals surface area contributed by atoms with Crippen LogP contribution in [0.3, 0.4) is 0 Å². The lowest BCUT2D eigenvalue weighted by Crippen LogP contribution is -2.64. The Bertz CT molecular complexity index is 859. The second-order valence-corrected chi connectivity index (χ2v) is 6.37. The van der Waals surface area contributed by atoms with Crippen molar-refractivity contribution < 1.29 is 14.1 Å². The molecule has 2 aliphatic heterocycles. The number of amides is 1. The van der Waals surface area contributed by atoms with E-state index in [0.29, 0.717) is 31.2 Å². The first-order valence-electron chi connectivity index (χ1n) is 8.51. The normalized spacial score (nSPS) is 20.6. The van der Waals surface area contributed by atoms with E-state index in [1.165, 1.54) is 0 Å². The molecule has 134 valence electrons. The fraction of sp³-hybridized carbons (Fsp3) is 0.389. The van der Waals surface area contributed by atoms with Gasteiger partial charge in [0.25, 0.3) is 0 Å². The molecule has 2 aromatic rings. The predicted molar refractivity (Wildman–Crippen MR) is 93.4 cm³/mol. The van der Waals surface area contributed by atoms with E-state index in [-0.39, 0.29) is 11.9 Å². The molecule has 8 nitrogen and oxygen atoms in total. The minimum absolute atomic E-state index is 0.0513. The van der Waals surface area contributed by atoms with Gasteiger partial charge in [0.1, 0.15) is 17.5 Å². The number of aromatic nitrogens is 1. The van der Waals surface area contributed by atoms with E-state index >= 15 is 0 Å². The maximum atomic E-state index is 12.9. The third kappa shape index (κ3) is 2.86. The van der Waals surface area contributed by atoms with Crippen molar-refractivity contribution in [2.75, 3.05) is 44.7 Å². The van der Waals surface area contributed by atoms with E-state index in [1.807, 2.05) is 24.3 Å². The van der Waals surface area contributed by atoms with Crippen molar-refractivity contribution in [1.29, 1.82) is 5.26 Å². The van der Waals surface area contributed by atoms with Crippen molar-refractivity contribution in [2.45, 2.75) is 6.04 Å². The Morgan fingerprint density at radius 2 is 2.12 bits per heavy atom. The molecule has 1 aromatic heterocycles. The molecule has 0 saturated carbocycles. The lowest BCUT2D eigenvalue weighted by molar-refractivity contribution is -0.128. The summed E-state index contributed by atoms with van der Waals surface area (Å²) in [5.74, 6) is 1.11. The fourth-order valence-electron chi connectivity index (χ4n) is 3.46. The molecule has 0 aliphatic carbocycles. The Hall–Kier alpha value is -3.05. The number of benzene rings is 1. The summed E-state index contributed by atoms with van der Waals surface area (Å²) in [6.45, 7) is 3.12. The topological polar surface area (TPSA) is 85.8 Å². The smallest absolute Gasteiger partial charge is 0.248 e. The number of hydrogen-bond acceptors (Lipinski definition) is 7. The van der Waals surface area contributed by atoms with Crippen molar-refractivity contribution >= 4 is 11.8 Å². The van der Waals surface area contributed by atoms with Crippen LogP contribution >= 0.6 is 0 Å². The Morgan fingerprint density at radius 1 is 1.27 bits per heavy atom. The van der Waals surface area contributed by atoms with E-state index in [4.69, 9.17) is 14.5 Å². The average molecular weight is 353 g/mol. The minimum Gasteiger partial charge on any atom is -0.497 e. The summed E-state index contributed by atoms with van der Waals surface area (Å²) in [7, 11) is 1.61. The first-order valence-corrected chi connectivity index (χ1v) is 8.51. The summed E-state index contributed by atoms with van der Waals surface area (Å²) < 4.78 is 10.7. The van der Waals surface area contributed by atoms with Crippen molar-refractivity contribution in [3.8, 4) is 23.2 Å². The number of piperazine rings is 2. The van der Waals surface area contributed by atoms with Crippen molar-refractivity contribution in [2.24, 2.45) is 0 Å². The molecular weight excluding hydrogens is 334 g/mol. The molecule has 0 spiro atoms. The summed E-state index contributed by atoms with van der Waals surface area (Å²) in [5, 5.41) is 13.2. The Balaban J connectivity index is 1.56. The Labute approximate surface area is 151 Å². The van der Waals surface area contributed by atoms with Gasteiger partial charge in [-0.05, 0) is 12.1 Å². The second kappa shape index (κ2) is 6.69. The molecule has 4 rings (SSSR count). The SMILES string of the molecule is COc1cccc(-c2cc(N3CCN4CCN(C#N)CC4C3=O)on2)c1. The quantitative estimate of drug-likeness (QED) is 0.766. The second-order valence-electron chi connectivity index (χ2n) is 6.37. The zero-order valence-corrected chi connectivity index (χ0v) is 14.5. The van der Waals surface area contributed by atoms with Gasteiger partial charge in [-0.25, -0.2) is 0 Å². The zero-order chi connectivity index (χ0) is 18.1. The van der Waals surface area contributed by atoms with Crippen LogP contribution in [0.1, 0.15) is 0 Å². The molecule has 0 bridgehead atoms. The third-order valence-electron chi connectivity index (χ3n) is 4.92. The zero-order valence-electron chi connectivity index (χ0n) is 14.5. The number of nitriles is 1. The summed E-state index contributed by atoms with van der Waals surface area (Å²) in [4.78, 5) is 18.3. The highest BCUT2D eigenvalue weighted by Crippen LogP contribution is 2.29. The molecule has 1 amide bonds. The summed E-state index contributed by atoms with van der Waals surface area (Å²) in [6, 6.07) is 8.97. The van der Waals surface area contributed by atoms with Gasteiger partial charge in [-0.2, -0.15) is 5.26 Å². The van der Waals surface area contributed by atoms with Gasteiger partial charge in [0, 0.05) is 37.8 Å².